The molecule has 2 aromatic rings. The number of nitrogens with zero attached hydrogens (tertiary/aromatic N) is 4. The molecule has 2 heterocycles. The van der Waals surface area contributed by atoms with E-state index in [1.165, 1.54) is 0 Å². The Morgan fingerprint density at radius 2 is 2.28 bits per heavy atom. The van der Waals surface area contributed by atoms with Crippen LogP contribution in [0.4, 0.5) is 18.9 Å². The Hall–Kier alpha value is -2.06. The highest BCUT2D eigenvalue weighted by atomic mass is 19.4. The molecule has 18 heavy (non-hydrogen) atoms. The molecule has 0 radical (unpaired) electrons. The molecule has 0 aromatic carbocycles. The van der Waals surface area contributed by atoms with E-state index < -0.39 is 18.8 Å². The molecular weight excluding hydrogens is 249 g/mol. The first-order valence-corrected chi connectivity index (χ1v) is 5.16. The van der Waals surface area contributed by atoms with Crippen LogP contribution in [0, 0.1) is 0 Å². The number of hydrogen-bond acceptors (Lipinski definition) is 3. The van der Waals surface area contributed by atoms with Gasteiger partial charge in [0.2, 0.25) is 18.1 Å². The summed E-state index contributed by atoms with van der Waals surface area (Å²) in [6.45, 7) is 0.587. The fourth-order valence-corrected chi connectivity index (χ4v) is 1.63. The molecule has 0 saturated carbocycles. The Bertz CT molecular complexity index is 528. The molecule has 0 aliphatic carbocycles. The van der Waals surface area contributed by atoms with Crippen LogP contribution >= 0.6 is 0 Å². The zero-order chi connectivity index (χ0) is 13.3. The molecule has 0 aliphatic heterocycles. The van der Waals surface area contributed by atoms with Gasteiger partial charge in [0, 0.05) is 6.92 Å². The van der Waals surface area contributed by atoms with E-state index in [0.29, 0.717) is 5.69 Å². The van der Waals surface area contributed by atoms with Crippen LogP contribution in [-0.4, -0.2) is 26.0 Å². The summed E-state index contributed by atoms with van der Waals surface area (Å²) >= 11 is 0. The monoisotopic (exact) mass is 261 g/mol. The largest absolute Gasteiger partial charge is 0.406 e. The Morgan fingerprint density at radius 3 is 2.83 bits per heavy atom. The lowest BCUT2D eigenvalue weighted by atomic mass is 10.3. The summed E-state index contributed by atoms with van der Waals surface area (Å²) in [5.74, 6) is 0.208. The highest BCUT2D eigenvalue weighted by Crippen LogP contribution is 2.19. The van der Waals surface area contributed by atoms with E-state index in [1.54, 1.807) is 24.0 Å². The van der Waals surface area contributed by atoms with Crippen molar-refractivity contribution in [3.05, 3.63) is 24.5 Å². The number of nitrogen functional groups attached to an aromatic ring is 1. The van der Waals surface area contributed by atoms with Gasteiger partial charge in [-0.3, -0.25) is 0 Å². The number of nitrogens with two attached hydrogens (primary N) is 1. The van der Waals surface area contributed by atoms with E-state index in [9.17, 15) is 13.2 Å². The van der Waals surface area contributed by atoms with Crippen LogP contribution < -0.4 is 10.4 Å². The molecule has 0 unspecified atom stereocenters. The molecule has 6 nitrogen and oxygen atoms in total. The highest BCUT2D eigenvalue weighted by molar-refractivity contribution is 5.27. The minimum atomic E-state index is -4.31. The van der Waals surface area contributed by atoms with Crippen LogP contribution in [-0.2, 0) is 6.54 Å². The first-order chi connectivity index (χ1) is 8.37. The third kappa shape index (κ3) is 2.60. The summed E-state index contributed by atoms with van der Waals surface area (Å²) in [4.78, 5) is 0. The number of aromatic nitrogens is 5. The SMILES string of the molecule is C[C@@H](c1nncn1CC(F)(F)F)[n+]1cc(N)c[nH]1. The first-order valence-electron chi connectivity index (χ1n) is 5.16. The number of H-pyrrole nitrogens is 1. The van der Waals surface area contributed by atoms with Crippen LogP contribution in [0.3, 0.4) is 0 Å². The fraction of sp³-hybridized carbons (Fsp3) is 0.444. The van der Waals surface area contributed by atoms with Gasteiger partial charge in [-0.2, -0.15) is 18.3 Å². The zero-order valence-electron chi connectivity index (χ0n) is 9.52. The van der Waals surface area contributed by atoms with E-state index in [-0.39, 0.29) is 5.82 Å². The van der Waals surface area contributed by atoms with Crippen molar-refractivity contribution in [3.8, 4) is 0 Å². The van der Waals surface area contributed by atoms with Gasteiger partial charge in [0.1, 0.15) is 18.6 Å². The van der Waals surface area contributed by atoms with E-state index >= 15 is 0 Å². The number of aromatic amines is 1. The number of nitrogens with one attached hydrogen (secondary N) is 1. The van der Waals surface area contributed by atoms with Crippen LogP contribution in [0.5, 0.6) is 0 Å². The van der Waals surface area contributed by atoms with Crippen molar-refractivity contribution in [2.75, 3.05) is 5.73 Å². The molecule has 0 spiro atoms. The number of rotatable bonds is 3. The Morgan fingerprint density at radius 1 is 1.56 bits per heavy atom. The lowest BCUT2D eigenvalue weighted by Gasteiger charge is -2.10. The minimum absolute atomic E-state index is 0.208. The minimum Gasteiger partial charge on any atom is -0.392 e. The molecule has 0 aliphatic rings. The predicted octanol–water partition coefficient (Wildman–Crippen LogP) is 0.648. The Labute approximate surface area is 100 Å². The van der Waals surface area contributed by atoms with Crippen molar-refractivity contribution in [1.29, 1.82) is 0 Å². The van der Waals surface area contributed by atoms with Gasteiger partial charge in [0.05, 0.1) is 6.20 Å². The molecule has 98 valence electrons. The first kappa shape index (κ1) is 12.4. The van der Waals surface area contributed by atoms with Gasteiger partial charge in [-0.25, -0.2) is 0 Å². The molecular formula is C9H12F3N6+. The number of hydrogen-bond donors (Lipinski definition) is 2. The van der Waals surface area contributed by atoms with Crippen molar-refractivity contribution < 1.29 is 17.9 Å². The van der Waals surface area contributed by atoms with Crippen molar-refractivity contribution in [3.63, 3.8) is 0 Å². The molecule has 2 rings (SSSR count). The summed E-state index contributed by atoms with van der Waals surface area (Å²) in [6, 6.07) is -0.424. The number of anilines is 1. The van der Waals surface area contributed by atoms with E-state index in [4.69, 9.17) is 5.73 Å². The zero-order valence-corrected chi connectivity index (χ0v) is 9.52. The summed E-state index contributed by atoms with van der Waals surface area (Å²) in [5, 5.41) is 10.0. The van der Waals surface area contributed by atoms with E-state index in [1.807, 2.05) is 0 Å². The molecule has 0 fully saturated rings. The maximum atomic E-state index is 12.4. The van der Waals surface area contributed by atoms with Gasteiger partial charge in [-0.1, -0.05) is 0 Å². The van der Waals surface area contributed by atoms with Crippen molar-refractivity contribution in [1.82, 2.24) is 19.9 Å². The predicted molar refractivity (Wildman–Crippen MR) is 55.3 cm³/mol. The lowest BCUT2D eigenvalue weighted by molar-refractivity contribution is -0.763. The third-order valence-corrected chi connectivity index (χ3v) is 2.45. The van der Waals surface area contributed by atoms with Gasteiger partial charge in [0.25, 0.3) is 0 Å². The van der Waals surface area contributed by atoms with Gasteiger partial charge in [-0.15, -0.1) is 14.9 Å². The number of alkyl halides is 3. The van der Waals surface area contributed by atoms with Crippen molar-refractivity contribution in [2.45, 2.75) is 25.7 Å². The second-order valence-corrected chi connectivity index (χ2v) is 3.92. The lowest BCUT2D eigenvalue weighted by Crippen LogP contribution is -2.41. The molecule has 3 N–H and O–H groups in total. The second-order valence-electron chi connectivity index (χ2n) is 3.92. The summed E-state index contributed by atoms with van der Waals surface area (Å²) in [6.07, 6.45) is -0.124. The Kier molecular flexibility index (Phi) is 2.97. The van der Waals surface area contributed by atoms with Gasteiger partial charge in [0.15, 0.2) is 0 Å². The van der Waals surface area contributed by atoms with E-state index in [0.717, 1.165) is 10.9 Å². The van der Waals surface area contributed by atoms with Crippen molar-refractivity contribution in [2.24, 2.45) is 0 Å². The summed E-state index contributed by atoms with van der Waals surface area (Å²) in [5.41, 5.74) is 6.02. The maximum absolute atomic E-state index is 12.4. The van der Waals surface area contributed by atoms with Gasteiger partial charge in [-0.05, 0) is 0 Å². The molecule has 2 aromatic heterocycles. The molecule has 0 amide bonds. The van der Waals surface area contributed by atoms with Gasteiger partial charge < -0.3 is 10.3 Å². The Balaban J connectivity index is 2.26. The fourth-order valence-electron chi connectivity index (χ4n) is 1.63. The molecule has 0 saturated heterocycles. The topological polar surface area (TPSA) is 76.4 Å². The third-order valence-electron chi connectivity index (χ3n) is 2.45. The molecule has 9 heteroatoms. The highest BCUT2D eigenvalue weighted by Gasteiger charge is 2.32. The molecule has 1 atom stereocenters. The van der Waals surface area contributed by atoms with Crippen LogP contribution in [0.25, 0.3) is 0 Å². The quantitative estimate of drug-likeness (QED) is 0.796. The average Bonchev–Trinajstić information content (AvgIpc) is 2.84. The summed E-state index contributed by atoms with van der Waals surface area (Å²) in [7, 11) is 0. The van der Waals surface area contributed by atoms with Crippen molar-refractivity contribution >= 4 is 5.69 Å². The van der Waals surface area contributed by atoms with Gasteiger partial charge >= 0.3 is 6.18 Å². The standard InChI is InChI=1S/C9H11F3N6/c1-6(18-3-7(13)2-15-18)8-16-14-5-17(8)4-9(10,11)12/h2-3,5-6H,4,13H2,1H3/p+1/t6-/m0/s1. The maximum Gasteiger partial charge on any atom is 0.406 e. The number of halogens is 3. The van der Waals surface area contributed by atoms with Crippen LogP contribution in [0.2, 0.25) is 0 Å². The average molecular weight is 261 g/mol. The van der Waals surface area contributed by atoms with Crippen LogP contribution in [0.1, 0.15) is 18.8 Å². The molecule has 0 bridgehead atoms. The summed E-state index contributed by atoms with van der Waals surface area (Å²) < 4.78 is 39.6. The van der Waals surface area contributed by atoms with Crippen LogP contribution in [0.15, 0.2) is 18.7 Å². The normalized spacial score (nSPS) is 13.8. The second kappa shape index (κ2) is 4.31. The smallest absolute Gasteiger partial charge is 0.392 e. The van der Waals surface area contributed by atoms with E-state index in [2.05, 4.69) is 15.3 Å².